The third-order valence-corrected chi connectivity index (χ3v) is 3.68. The van der Waals surface area contributed by atoms with Gasteiger partial charge in [-0.2, -0.15) is 0 Å². The van der Waals surface area contributed by atoms with E-state index in [9.17, 15) is 4.79 Å². The van der Waals surface area contributed by atoms with Crippen LogP contribution in [0.5, 0.6) is 0 Å². The summed E-state index contributed by atoms with van der Waals surface area (Å²) in [4.78, 5) is 16.5. The third-order valence-electron chi connectivity index (χ3n) is 3.68. The highest BCUT2D eigenvalue weighted by molar-refractivity contribution is 5.94. The van der Waals surface area contributed by atoms with Gasteiger partial charge in [0.1, 0.15) is 0 Å². The first kappa shape index (κ1) is 15.0. The Morgan fingerprint density at radius 3 is 2.45 bits per heavy atom. The fraction of sp³-hybridized carbons (Fsp3) is 0.625. The van der Waals surface area contributed by atoms with E-state index in [1.165, 1.54) is 0 Å². The maximum absolute atomic E-state index is 12.3. The van der Waals surface area contributed by atoms with Gasteiger partial charge < -0.3 is 10.6 Å². The number of hydrogen-bond acceptors (Lipinski definition) is 3. The average Bonchev–Trinajstić information content (AvgIpc) is 2.24. The number of amides is 1. The molecule has 0 saturated carbocycles. The van der Waals surface area contributed by atoms with Crippen LogP contribution in [0, 0.1) is 6.92 Å². The van der Waals surface area contributed by atoms with Crippen LogP contribution in [-0.4, -0.2) is 28.0 Å². The van der Waals surface area contributed by atoms with E-state index in [1.807, 2.05) is 13.0 Å². The first-order valence-corrected chi connectivity index (χ1v) is 7.20. The lowest BCUT2D eigenvalue weighted by molar-refractivity contribution is 0.0873. The Kier molecular flexibility index (Phi) is 3.87. The third kappa shape index (κ3) is 3.79. The summed E-state index contributed by atoms with van der Waals surface area (Å²) < 4.78 is 0. The summed E-state index contributed by atoms with van der Waals surface area (Å²) >= 11 is 0. The fourth-order valence-corrected chi connectivity index (χ4v) is 3.38. The smallest absolute Gasteiger partial charge is 0.251 e. The SMILES string of the molecule is Cc1cc(C(=O)NC2CC(C)(C)NC(C)(C)C2)ccn1. The minimum absolute atomic E-state index is 0.00556. The van der Waals surface area contributed by atoms with Crippen molar-refractivity contribution in [1.29, 1.82) is 0 Å². The molecule has 2 rings (SSSR count). The van der Waals surface area contributed by atoms with Crippen molar-refractivity contribution in [2.75, 3.05) is 0 Å². The van der Waals surface area contributed by atoms with Crippen molar-refractivity contribution in [3.8, 4) is 0 Å². The summed E-state index contributed by atoms with van der Waals surface area (Å²) in [5.41, 5.74) is 1.62. The Hall–Kier alpha value is -1.42. The molecule has 2 N–H and O–H groups in total. The number of hydrogen-bond donors (Lipinski definition) is 2. The number of carbonyl (C=O) groups excluding carboxylic acids is 1. The van der Waals surface area contributed by atoms with Gasteiger partial charge in [-0.25, -0.2) is 0 Å². The Morgan fingerprint density at radius 1 is 1.30 bits per heavy atom. The average molecular weight is 275 g/mol. The lowest BCUT2D eigenvalue weighted by Crippen LogP contribution is -2.62. The zero-order valence-electron chi connectivity index (χ0n) is 13.1. The number of aryl methyl sites for hydroxylation is 1. The van der Waals surface area contributed by atoms with Gasteiger partial charge in [-0.3, -0.25) is 9.78 Å². The lowest BCUT2D eigenvalue weighted by atomic mass is 9.79. The fourth-order valence-electron chi connectivity index (χ4n) is 3.38. The maximum atomic E-state index is 12.3. The predicted molar refractivity (Wildman–Crippen MR) is 80.8 cm³/mol. The molecule has 0 spiro atoms. The van der Waals surface area contributed by atoms with Crippen LogP contribution >= 0.6 is 0 Å². The van der Waals surface area contributed by atoms with Crippen LogP contribution in [0.15, 0.2) is 18.3 Å². The molecule has 0 aliphatic carbocycles. The molecule has 0 bridgehead atoms. The molecular weight excluding hydrogens is 250 g/mol. The zero-order chi connectivity index (χ0) is 15.0. The molecule has 1 aliphatic heterocycles. The van der Waals surface area contributed by atoms with Crippen molar-refractivity contribution in [3.63, 3.8) is 0 Å². The summed E-state index contributed by atoms with van der Waals surface area (Å²) in [6.07, 6.45) is 3.55. The number of pyridine rings is 1. The van der Waals surface area contributed by atoms with Gasteiger partial charge in [-0.15, -0.1) is 0 Å². The van der Waals surface area contributed by atoms with Crippen molar-refractivity contribution in [2.24, 2.45) is 0 Å². The van der Waals surface area contributed by atoms with E-state index >= 15 is 0 Å². The van der Waals surface area contributed by atoms with Gasteiger partial charge >= 0.3 is 0 Å². The van der Waals surface area contributed by atoms with Crippen LogP contribution < -0.4 is 10.6 Å². The molecule has 20 heavy (non-hydrogen) atoms. The van der Waals surface area contributed by atoms with Gasteiger partial charge in [-0.1, -0.05) is 0 Å². The maximum Gasteiger partial charge on any atom is 0.251 e. The van der Waals surface area contributed by atoms with Crippen molar-refractivity contribution in [3.05, 3.63) is 29.6 Å². The molecule has 110 valence electrons. The molecule has 1 fully saturated rings. The molecule has 0 atom stereocenters. The van der Waals surface area contributed by atoms with Crippen LogP contribution in [-0.2, 0) is 0 Å². The van der Waals surface area contributed by atoms with Gasteiger partial charge in [0.25, 0.3) is 5.91 Å². The summed E-state index contributed by atoms with van der Waals surface area (Å²) in [5, 5.41) is 6.79. The van der Waals surface area contributed by atoms with Gasteiger partial charge in [-0.05, 0) is 59.6 Å². The first-order chi connectivity index (χ1) is 9.17. The number of rotatable bonds is 2. The second kappa shape index (κ2) is 5.17. The molecule has 1 amide bonds. The van der Waals surface area contributed by atoms with Crippen LogP contribution in [0.3, 0.4) is 0 Å². The second-order valence-electron chi connectivity index (χ2n) is 7.16. The Labute approximate surface area is 121 Å². The normalized spacial score (nSPS) is 21.4. The Morgan fingerprint density at radius 2 is 1.90 bits per heavy atom. The predicted octanol–water partition coefficient (Wildman–Crippen LogP) is 2.43. The first-order valence-electron chi connectivity index (χ1n) is 7.20. The molecule has 2 heterocycles. The van der Waals surface area contributed by atoms with Gasteiger partial charge in [0.05, 0.1) is 0 Å². The molecule has 1 aromatic heterocycles. The lowest BCUT2D eigenvalue weighted by Gasteiger charge is -2.46. The largest absolute Gasteiger partial charge is 0.349 e. The molecule has 1 aromatic rings. The summed E-state index contributed by atoms with van der Waals surface area (Å²) in [6.45, 7) is 10.6. The molecule has 0 radical (unpaired) electrons. The number of aromatic nitrogens is 1. The molecule has 1 saturated heterocycles. The number of nitrogens with one attached hydrogen (secondary N) is 2. The highest BCUT2D eigenvalue weighted by Gasteiger charge is 2.38. The Balaban J connectivity index is 2.08. The summed E-state index contributed by atoms with van der Waals surface area (Å²) in [5.74, 6) is -0.00556. The quantitative estimate of drug-likeness (QED) is 0.871. The highest BCUT2D eigenvalue weighted by atomic mass is 16.1. The van der Waals surface area contributed by atoms with Gasteiger partial charge in [0.15, 0.2) is 0 Å². The highest BCUT2D eigenvalue weighted by Crippen LogP contribution is 2.28. The van der Waals surface area contributed by atoms with E-state index in [0.29, 0.717) is 5.56 Å². The summed E-state index contributed by atoms with van der Waals surface area (Å²) in [7, 11) is 0. The molecule has 1 aliphatic rings. The topological polar surface area (TPSA) is 54.0 Å². The van der Waals surface area contributed by atoms with Gasteiger partial charge in [0, 0.05) is 34.6 Å². The molecular formula is C16H25N3O. The van der Waals surface area contributed by atoms with Crippen LogP contribution in [0.4, 0.5) is 0 Å². The van der Waals surface area contributed by atoms with Crippen LogP contribution in [0.1, 0.15) is 56.6 Å². The van der Waals surface area contributed by atoms with Crippen molar-refractivity contribution in [2.45, 2.75) is 64.6 Å². The standard InChI is InChI=1S/C16H25N3O/c1-11-8-12(6-7-17-11)14(20)18-13-9-15(2,3)19-16(4,5)10-13/h6-8,13,19H,9-10H2,1-5H3,(H,18,20). The van der Waals surface area contributed by atoms with Crippen molar-refractivity contribution in [1.82, 2.24) is 15.6 Å². The molecule has 0 aromatic carbocycles. The van der Waals surface area contributed by atoms with E-state index in [-0.39, 0.29) is 23.0 Å². The van der Waals surface area contributed by atoms with Crippen LogP contribution in [0.2, 0.25) is 0 Å². The number of piperidine rings is 1. The number of carbonyl (C=O) groups is 1. The van der Waals surface area contributed by atoms with Crippen molar-refractivity contribution < 1.29 is 4.79 Å². The van der Waals surface area contributed by atoms with E-state index < -0.39 is 0 Å². The van der Waals surface area contributed by atoms with Crippen molar-refractivity contribution >= 4 is 5.91 Å². The van der Waals surface area contributed by atoms with E-state index in [4.69, 9.17) is 0 Å². The Bertz CT molecular complexity index is 492. The number of nitrogens with zero attached hydrogens (tertiary/aromatic N) is 1. The molecule has 4 heteroatoms. The van der Waals surface area contributed by atoms with E-state index in [1.54, 1.807) is 12.3 Å². The van der Waals surface area contributed by atoms with Gasteiger partial charge in [0.2, 0.25) is 0 Å². The van der Waals surface area contributed by atoms with E-state index in [0.717, 1.165) is 18.5 Å². The monoisotopic (exact) mass is 275 g/mol. The zero-order valence-corrected chi connectivity index (χ0v) is 13.1. The molecule has 4 nitrogen and oxygen atoms in total. The van der Waals surface area contributed by atoms with E-state index in [2.05, 4.69) is 43.3 Å². The minimum Gasteiger partial charge on any atom is -0.349 e. The second-order valence-corrected chi connectivity index (χ2v) is 7.16. The minimum atomic E-state index is -0.00556. The molecule has 0 unspecified atom stereocenters. The van der Waals surface area contributed by atoms with Crippen LogP contribution in [0.25, 0.3) is 0 Å². The summed E-state index contributed by atoms with van der Waals surface area (Å²) in [6, 6.07) is 3.79.